The molecule has 0 unspecified atom stereocenters. The Balaban J connectivity index is 1.51. The predicted octanol–water partition coefficient (Wildman–Crippen LogP) is 4.11. The van der Waals surface area contributed by atoms with Gasteiger partial charge in [0, 0.05) is 17.0 Å². The van der Waals surface area contributed by atoms with Crippen molar-refractivity contribution >= 4 is 39.2 Å². The fraction of sp³-hybridized carbons (Fsp3) is 0.350. The van der Waals surface area contributed by atoms with Gasteiger partial charge in [-0.25, -0.2) is 4.98 Å². The Morgan fingerprint density at radius 3 is 2.78 bits per heavy atom. The Hall–Kier alpha value is -2.12. The van der Waals surface area contributed by atoms with Crippen molar-refractivity contribution < 1.29 is 4.79 Å². The zero-order valence-electron chi connectivity index (χ0n) is 15.1. The molecule has 1 aliphatic rings. The maximum absolute atomic E-state index is 12.6. The zero-order valence-corrected chi connectivity index (χ0v) is 16.7. The highest BCUT2D eigenvalue weighted by atomic mass is 32.2. The van der Waals surface area contributed by atoms with Crippen molar-refractivity contribution in [3.05, 3.63) is 45.6 Å². The number of amides is 1. The quantitative estimate of drug-likeness (QED) is 0.500. The SMILES string of the molecule is Cc1ccc(-c2csc3nc(SCC(=O)NC4CCCC4)[nH]c(=O)c23)cc1. The topological polar surface area (TPSA) is 74.8 Å². The third-order valence-electron chi connectivity index (χ3n) is 4.85. The molecule has 2 aromatic heterocycles. The van der Waals surface area contributed by atoms with Crippen LogP contribution in [0, 0.1) is 6.92 Å². The van der Waals surface area contributed by atoms with Crippen molar-refractivity contribution in [1.29, 1.82) is 0 Å². The van der Waals surface area contributed by atoms with Gasteiger partial charge in [-0.05, 0) is 25.3 Å². The van der Waals surface area contributed by atoms with E-state index in [2.05, 4.69) is 15.3 Å². The van der Waals surface area contributed by atoms with Gasteiger partial charge in [0.25, 0.3) is 5.56 Å². The van der Waals surface area contributed by atoms with Crippen molar-refractivity contribution in [2.24, 2.45) is 0 Å². The number of nitrogens with one attached hydrogen (secondary N) is 2. The Bertz CT molecular complexity index is 1020. The number of hydrogen-bond donors (Lipinski definition) is 2. The molecule has 1 aliphatic carbocycles. The second-order valence-corrected chi connectivity index (χ2v) is 8.73. The Morgan fingerprint density at radius 1 is 1.30 bits per heavy atom. The lowest BCUT2D eigenvalue weighted by atomic mass is 10.1. The fourth-order valence-corrected chi connectivity index (χ4v) is 5.09. The van der Waals surface area contributed by atoms with Gasteiger partial charge in [-0.3, -0.25) is 9.59 Å². The first kappa shape index (κ1) is 18.3. The summed E-state index contributed by atoms with van der Waals surface area (Å²) in [6.07, 6.45) is 4.50. The largest absolute Gasteiger partial charge is 0.353 e. The van der Waals surface area contributed by atoms with E-state index in [1.54, 1.807) is 0 Å². The molecule has 1 amide bonds. The number of hydrogen-bond acceptors (Lipinski definition) is 5. The van der Waals surface area contributed by atoms with E-state index in [4.69, 9.17) is 0 Å². The third-order valence-corrected chi connectivity index (χ3v) is 6.59. The van der Waals surface area contributed by atoms with E-state index in [0.717, 1.165) is 24.0 Å². The van der Waals surface area contributed by atoms with Crippen molar-refractivity contribution in [3.8, 4) is 11.1 Å². The van der Waals surface area contributed by atoms with Crippen molar-refractivity contribution in [3.63, 3.8) is 0 Å². The summed E-state index contributed by atoms with van der Waals surface area (Å²) in [5.74, 6) is 0.266. The van der Waals surface area contributed by atoms with Gasteiger partial charge in [-0.1, -0.05) is 54.4 Å². The molecule has 0 bridgehead atoms. The number of benzene rings is 1. The van der Waals surface area contributed by atoms with E-state index < -0.39 is 0 Å². The molecule has 1 saturated carbocycles. The van der Waals surface area contributed by atoms with Gasteiger partial charge in [-0.15, -0.1) is 11.3 Å². The van der Waals surface area contributed by atoms with Crippen molar-refractivity contribution in [2.75, 3.05) is 5.75 Å². The first-order chi connectivity index (χ1) is 13.1. The summed E-state index contributed by atoms with van der Waals surface area (Å²) >= 11 is 2.73. The minimum atomic E-state index is -0.157. The number of thiophene rings is 1. The van der Waals surface area contributed by atoms with Crippen LogP contribution in [-0.4, -0.2) is 27.7 Å². The summed E-state index contributed by atoms with van der Waals surface area (Å²) < 4.78 is 0. The van der Waals surface area contributed by atoms with E-state index in [0.29, 0.717) is 21.4 Å². The van der Waals surface area contributed by atoms with Crippen LogP contribution in [0.15, 0.2) is 39.6 Å². The predicted molar refractivity (Wildman–Crippen MR) is 112 cm³/mol. The van der Waals surface area contributed by atoms with Crippen LogP contribution in [0.25, 0.3) is 21.3 Å². The summed E-state index contributed by atoms with van der Waals surface area (Å²) in [5, 5.41) is 6.13. The first-order valence-corrected chi connectivity index (χ1v) is 11.0. The molecule has 140 valence electrons. The lowest BCUT2D eigenvalue weighted by Gasteiger charge is -2.11. The van der Waals surface area contributed by atoms with Crippen LogP contribution >= 0.6 is 23.1 Å². The second-order valence-electron chi connectivity index (χ2n) is 6.90. The molecular formula is C20H21N3O2S2. The van der Waals surface area contributed by atoms with Crippen molar-refractivity contribution in [1.82, 2.24) is 15.3 Å². The Morgan fingerprint density at radius 2 is 2.04 bits per heavy atom. The number of aromatic amines is 1. The average molecular weight is 400 g/mol. The van der Waals surface area contributed by atoms with Crippen LogP contribution in [0.1, 0.15) is 31.2 Å². The molecule has 1 fully saturated rings. The van der Waals surface area contributed by atoms with Gasteiger partial charge in [0.05, 0.1) is 11.1 Å². The van der Waals surface area contributed by atoms with E-state index >= 15 is 0 Å². The smallest absolute Gasteiger partial charge is 0.260 e. The molecule has 0 atom stereocenters. The molecule has 7 heteroatoms. The highest BCUT2D eigenvalue weighted by Gasteiger charge is 2.18. The monoisotopic (exact) mass is 399 g/mol. The molecule has 1 aromatic carbocycles. The Labute approximate surface area is 165 Å². The molecular weight excluding hydrogens is 378 g/mol. The standard InChI is InChI=1S/C20H21N3O2S2/c1-12-6-8-13(9-7-12)15-10-26-19-17(15)18(25)22-20(23-19)27-11-16(24)21-14-4-2-3-5-14/h6-10,14H,2-5,11H2,1H3,(H,21,24)(H,22,23,25). The second kappa shape index (κ2) is 7.86. The fourth-order valence-electron chi connectivity index (χ4n) is 3.42. The highest BCUT2D eigenvalue weighted by Crippen LogP contribution is 2.31. The maximum atomic E-state index is 12.6. The van der Waals surface area contributed by atoms with Crippen LogP contribution in [0.5, 0.6) is 0 Å². The van der Waals surface area contributed by atoms with Crippen LogP contribution in [0.2, 0.25) is 0 Å². The van der Waals surface area contributed by atoms with Gasteiger partial charge >= 0.3 is 0 Å². The van der Waals surface area contributed by atoms with E-state index in [1.807, 2.05) is 36.6 Å². The summed E-state index contributed by atoms with van der Waals surface area (Å²) in [7, 11) is 0. The number of rotatable bonds is 5. The summed E-state index contributed by atoms with van der Waals surface area (Å²) in [4.78, 5) is 32.8. The molecule has 4 rings (SSSR count). The molecule has 0 aliphatic heterocycles. The first-order valence-electron chi connectivity index (χ1n) is 9.11. The van der Waals surface area contributed by atoms with Gasteiger partial charge in [0.2, 0.25) is 5.91 Å². The molecule has 0 radical (unpaired) electrons. The average Bonchev–Trinajstić information content (AvgIpc) is 3.30. The highest BCUT2D eigenvalue weighted by molar-refractivity contribution is 7.99. The zero-order chi connectivity index (χ0) is 18.8. The van der Waals surface area contributed by atoms with Crippen molar-refractivity contribution in [2.45, 2.75) is 43.8 Å². The number of thioether (sulfide) groups is 1. The molecule has 2 heterocycles. The van der Waals surface area contributed by atoms with Crippen LogP contribution in [0.3, 0.4) is 0 Å². The lowest BCUT2D eigenvalue weighted by Crippen LogP contribution is -2.33. The minimum absolute atomic E-state index is 0.00108. The number of nitrogens with zero attached hydrogens (tertiary/aromatic N) is 1. The molecule has 3 aromatic rings. The summed E-state index contributed by atoms with van der Waals surface area (Å²) in [6.45, 7) is 2.04. The maximum Gasteiger partial charge on any atom is 0.260 e. The number of carbonyl (C=O) groups is 1. The summed E-state index contributed by atoms with van der Waals surface area (Å²) in [5.41, 5.74) is 2.94. The lowest BCUT2D eigenvalue weighted by molar-refractivity contribution is -0.119. The minimum Gasteiger partial charge on any atom is -0.353 e. The van der Waals surface area contributed by atoms with E-state index in [9.17, 15) is 9.59 Å². The van der Waals surface area contributed by atoms with Gasteiger partial charge < -0.3 is 10.3 Å². The summed E-state index contributed by atoms with van der Waals surface area (Å²) in [6, 6.07) is 8.42. The van der Waals surface area contributed by atoms with Gasteiger partial charge in [0.15, 0.2) is 5.16 Å². The normalized spacial score (nSPS) is 14.7. The van der Waals surface area contributed by atoms with E-state index in [-0.39, 0.29) is 17.2 Å². The molecule has 27 heavy (non-hydrogen) atoms. The van der Waals surface area contributed by atoms with Crippen LogP contribution in [-0.2, 0) is 4.79 Å². The van der Waals surface area contributed by atoms with Crippen LogP contribution in [0.4, 0.5) is 0 Å². The van der Waals surface area contributed by atoms with Gasteiger partial charge in [-0.2, -0.15) is 0 Å². The number of aryl methyl sites for hydroxylation is 1. The number of aromatic nitrogens is 2. The van der Waals surface area contributed by atoms with Gasteiger partial charge in [0.1, 0.15) is 4.83 Å². The number of H-pyrrole nitrogens is 1. The molecule has 0 spiro atoms. The third kappa shape index (κ3) is 4.09. The molecule has 2 N–H and O–H groups in total. The van der Waals surface area contributed by atoms with E-state index in [1.165, 1.54) is 41.5 Å². The molecule has 5 nitrogen and oxygen atoms in total. The molecule has 0 saturated heterocycles. The number of carbonyl (C=O) groups excluding carboxylic acids is 1. The van der Waals surface area contributed by atoms with Crippen LogP contribution < -0.4 is 10.9 Å². The Kier molecular flexibility index (Phi) is 5.31. The number of fused-ring (bicyclic) bond motifs is 1.